The van der Waals surface area contributed by atoms with E-state index in [2.05, 4.69) is 32.5 Å². The van der Waals surface area contributed by atoms with Gasteiger partial charge in [0.1, 0.15) is 18.6 Å². The van der Waals surface area contributed by atoms with E-state index in [-0.39, 0.29) is 5.91 Å². The molecule has 0 bridgehead atoms. The lowest BCUT2D eigenvalue weighted by atomic mass is 10.2. The van der Waals surface area contributed by atoms with Crippen LogP contribution in [0.5, 0.6) is 5.75 Å². The highest BCUT2D eigenvalue weighted by molar-refractivity contribution is 7.90. The third kappa shape index (κ3) is 7.21. The van der Waals surface area contributed by atoms with E-state index in [1.807, 2.05) is 30.3 Å². The summed E-state index contributed by atoms with van der Waals surface area (Å²) in [7, 11) is 1.62. The molecule has 3 rings (SSSR count). The van der Waals surface area contributed by atoms with Gasteiger partial charge < -0.3 is 30.0 Å². The van der Waals surface area contributed by atoms with Gasteiger partial charge in [0.05, 0.1) is 12.8 Å². The van der Waals surface area contributed by atoms with Crippen LogP contribution in [0.3, 0.4) is 0 Å². The summed E-state index contributed by atoms with van der Waals surface area (Å²) in [5, 5.41) is 8.98. The molecule has 2 aromatic carbocycles. The van der Waals surface area contributed by atoms with Crippen molar-refractivity contribution in [1.82, 2.24) is 9.97 Å². The lowest BCUT2D eigenvalue weighted by Crippen LogP contribution is -2.09. The third-order valence-corrected chi connectivity index (χ3v) is 5.23. The van der Waals surface area contributed by atoms with E-state index in [1.54, 1.807) is 31.6 Å². The number of hydrogen-bond acceptors (Lipinski definition) is 8. The molecule has 9 nitrogen and oxygen atoms in total. The number of ether oxygens (including phenoxy) is 2. The first-order chi connectivity index (χ1) is 16.0. The number of benzene rings is 2. The molecule has 1 aromatic heterocycles. The maximum absolute atomic E-state index is 12.2. The van der Waals surface area contributed by atoms with Crippen molar-refractivity contribution < 1.29 is 18.8 Å². The molecule has 0 aliphatic rings. The maximum atomic E-state index is 12.2. The zero-order chi connectivity index (χ0) is 23.6. The number of anilines is 5. The van der Waals surface area contributed by atoms with Crippen molar-refractivity contribution >= 4 is 45.9 Å². The second-order valence-corrected chi connectivity index (χ2v) is 8.10. The molecule has 10 heteroatoms. The summed E-state index contributed by atoms with van der Waals surface area (Å²) in [6.45, 7) is 4.43. The minimum Gasteiger partial charge on any atom is -0.612 e. The van der Waals surface area contributed by atoms with Crippen molar-refractivity contribution in [2.75, 3.05) is 42.5 Å². The molecule has 3 aromatic rings. The van der Waals surface area contributed by atoms with Gasteiger partial charge in [-0.2, -0.15) is 4.98 Å². The highest BCUT2D eigenvalue weighted by atomic mass is 32.2. The van der Waals surface area contributed by atoms with Gasteiger partial charge in [-0.1, -0.05) is 12.6 Å². The molecule has 0 aliphatic heterocycles. The Kier molecular flexibility index (Phi) is 8.64. The normalized spacial score (nSPS) is 11.4. The summed E-state index contributed by atoms with van der Waals surface area (Å²) in [5.41, 5.74) is 2.01. The van der Waals surface area contributed by atoms with Crippen LogP contribution in [0.25, 0.3) is 0 Å². The van der Waals surface area contributed by atoms with Crippen LogP contribution in [-0.4, -0.2) is 47.0 Å². The van der Waals surface area contributed by atoms with Crippen LogP contribution in [0.4, 0.5) is 28.8 Å². The van der Waals surface area contributed by atoms with E-state index in [0.29, 0.717) is 41.3 Å². The number of amides is 1. The molecule has 33 heavy (non-hydrogen) atoms. The Morgan fingerprint density at radius 3 is 2.58 bits per heavy atom. The van der Waals surface area contributed by atoms with Crippen LogP contribution in [-0.2, 0) is 20.7 Å². The zero-order valence-corrected chi connectivity index (χ0v) is 19.1. The molecule has 3 N–H and O–H groups in total. The number of carbonyl (C=O) groups excluding carboxylic acids is 1. The van der Waals surface area contributed by atoms with Gasteiger partial charge >= 0.3 is 0 Å². The van der Waals surface area contributed by atoms with Gasteiger partial charge in [0.2, 0.25) is 16.8 Å². The fraction of sp³-hybridized carbons (Fsp3) is 0.174. The van der Waals surface area contributed by atoms with E-state index in [1.165, 1.54) is 12.3 Å². The Morgan fingerprint density at radius 2 is 1.88 bits per heavy atom. The molecule has 0 saturated carbocycles. The van der Waals surface area contributed by atoms with Gasteiger partial charge in [-0.05, 0) is 59.7 Å². The molecule has 0 radical (unpaired) electrons. The standard InChI is InChI=1S/C23H25N5O4S/c1-4-21(29)25-17-6-5-7-18(14-17)26-22-20(33(3)30)15-24-23(28-22)27-16-8-10-19(11-9-16)32-13-12-31-2/h4-11,14-15H,1,12-13H2,2-3H3,(H,25,29)(H2,24,26,27,28). The fourth-order valence-corrected chi connectivity index (χ4v) is 3.31. The van der Waals surface area contributed by atoms with Gasteiger partial charge in [-0.15, -0.1) is 0 Å². The quantitative estimate of drug-likeness (QED) is 0.221. The molecule has 172 valence electrons. The SMILES string of the molecule is C=CC(=O)Nc1cccc(Nc2nc(Nc3ccc(OCCOC)cc3)ncc2[S+](C)[O-])c1. The van der Waals surface area contributed by atoms with Crippen molar-refractivity contribution in [2.24, 2.45) is 0 Å². The number of hydrogen-bond donors (Lipinski definition) is 3. The van der Waals surface area contributed by atoms with Crippen molar-refractivity contribution in [1.29, 1.82) is 0 Å². The van der Waals surface area contributed by atoms with Crippen LogP contribution in [0, 0.1) is 0 Å². The van der Waals surface area contributed by atoms with Crippen molar-refractivity contribution in [2.45, 2.75) is 4.90 Å². The summed E-state index contributed by atoms with van der Waals surface area (Å²) in [5.74, 6) is 1.13. The van der Waals surface area contributed by atoms with E-state index in [0.717, 1.165) is 11.4 Å². The lowest BCUT2D eigenvalue weighted by Gasteiger charge is -2.14. The summed E-state index contributed by atoms with van der Waals surface area (Å²) in [6, 6.07) is 14.4. The van der Waals surface area contributed by atoms with Gasteiger partial charge in [-0.25, -0.2) is 4.98 Å². The molecule has 0 spiro atoms. The average molecular weight is 468 g/mol. The zero-order valence-electron chi connectivity index (χ0n) is 18.3. The Labute approximate surface area is 195 Å². The fourth-order valence-electron chi connectivity index (χ4n) is 2.74. The monoisotopic (exact) mass is 467 g/mol. The first-order valence-corrected chi connectivity index (χ1v) is 11.5. The third-order valence-electron chi connectivity index (χ3n) is 4.31. The Balaban J connectivity index is 1.76. The van der Waals surface area contributed by atoms with E-state index < -0.39 is 11.2 Å². The molecule has 1 unspecified atom stereocenters. The van der Waals surface area contributed by atoms with Crippen LogP contribution in [0.1, 0.15) is 0 Å². The summed E-state index contributed by atoms with van der Waals surface area (Å²) >= 11 is -1.32. The maximum Gasteiger partial charge on any atom is 0.247 e. The second kappa shape index (κ2) is 11.9. The summed E-state index contributed by atoms with van der Waals surface area (Å²) in [6.07, 6.45) is 4.26. The summed E-state index contributed by atoms with van der Waals surface area (Å²) in [4.78, 5) is 20.8. The smallest absolute Gasteiger partial charge is 0.247 e. The number of rotatable bonds is 11. The molecule has 0 saturated heterocycles. The highest BCUT2D eigenvalue weighted by Gasteiger charge is 2.16. The van der Waals surface area contributed by atoms with Crippen molar-refractivity contribution in [3.8, 4) is 5.75 Å². The summed E-state index contributed by atoms with van der Waals surface area (Å²) < 4.78 is 22.7. The van der Waals surface area contributed by atoms with E-state index >= 15 is 0 Å². The topological polar surface area (TPSA) is 120 Å². The first kappa shape index (κ1) is 24.1. The number of aromatic nitrogens is 2. The number of carbonyl (C=O) groups is 1. The Bertz CT molecular complexity index is 1090. The predicted molar refractivity (Wildman–Crippen MR) is 130 cm³/mol. The molecule has 0 aliphatic carbocycles. The molecule has 1 atom stereocenters. The minimum atomic E-state index is -1.32. The van der Waals surface area contributed by atoms with Gasteiger partial charge in [0.15, 0.2) is 5.82 Å². The molecule has 1 heterocycles. The minimum absolute atomic E-state index is 0.314. The molecule has 0 fully saturated rings. The lowest BCUT2D eigenvalue weighted by molar-refractivity contribution is -0.111. The van der Waals surface area contributed by atoms with E-state index in [4.69, 9.17) is 9.47 Å². The predicted octanol–water partition coefficient (Wildman–Crippen LogP) is 3.85. The molecule has 1 amide bonds. The Hall–Kier alpha value is -3.60. The largest absolute Gasteiger partial charge is 0.612 e. The number of nitrogens with zero attached hydrogens (tertiary/aromatic N) is 2. The van der Waals surface area contributed by atoms with Crippen molar-refractivity contribution in [3.05, 3.63) is 67.4 Å². The van der Waals surface area contributed by atoms with Crippen LogP contribution in [0.2, 0.25) is 0 Å². The highest BCUT2D eigenvalue weighted by Crippen LogP contribution is 2.26. The van der Waals surface area contributed by atoms with E-state index in [9.17, 15) is 9.35 Å². The van der Waals surface area contributed by atoms with Crippen LogP contribution in [0.15, 0.2) is 72.3 Å². The first-order valence-electron chi connectivity index (χ1n) is 9.98. The van der Waals surface area contributed by atoms with Crippen molar-refractivity contribution in [3.63, 3.8) is 0 Å². The molecular formula is C23H25N5O4S. The number of nitrogens with one attached hydrogen (secondary N) is 3. The van der Waals surface area contributed by atoms with Gasteiger partial charge in [0.25, 0.3) is 0 Å². The second-order valence-electron chi connectivity index (χ2n) is 6.75. The average Bonchev–Trinajstić information content (AvgIpc) is 2.80. The Morgan fingerprint density at radius 1 is 1.12 bits per heavy atom. The van der Waals surface area contributed by atoms with Crippen LogP contribution >= 0.6 is 0 Å². The van der Waals surface area contributed by atoms with Crippen LogP contribution < -0.4 is 20.7 Å². The van der Waals surface area contributed by atoms with Gasteiger partial charge in [-0.3, -0.25) is 4.79 Å². The molecular weight excluding hydrogens is 442 g/mol. The number of methoxy groups -OCH3 is 1. The van der Waals surface area contributed by atoms with Gasteiger partial charge in [0, 0.05) is 24.2 Å².